The maximum absolute atomic E-state index is 13.4. The molecule has 33 heavy (non-hydrogen) atoms. The number of carbonyl (C=O) groups excluding carboxylic acids is 2. The lowest BCUT2D eigenvalue weighted by molar-refractivity contribution is -0.130. The molecule has 1 unspecified atom stereocenters. The Morgan fingerprint density at radius 3 is 2.55 bits per heavy atom. The summed E-state index contributed by atoms with van der Waals surface area (Å²) >= 11 is 1.27. The molecule has 2 aromatic carbocycles. The molecule has 1 aliphatic rings. The van der Waals surface area contributed by atoms with Gasteiger partial charge in [0.1, 0.15) is 11.5 Å². The summed E-state index contributed by atoms with van der Waals surface area (Å²) < 4.78 is 11.1. The first kappa shape index (κ1) is 22.6. The van der Waals surface area contributed by atoms with Gasteiger partial charge < -0.3 is 19.5 Å². The predicted molar refractivity (Wildman–Crippen MR) is 127 cm³/mol. The third-order valence-electron chi connectivity index (χ3n) is 5.33. The molecule has 0 saturated heterocycles. The summed E-state index contributed by atoms with van der Waals surface area (Å²) in [5.41, 5.74) is 1.58. The SMILES string of the molecule is COc1cccc(CN2C(=O)C(O)=C(C(=O)c3cccs3)C2c2cccc(OC(C)C)c2)c1. The number of nitrogens with zero attached hydrogens (tertiary/aromatic N) is 1. The van der Waals surface area contributed by atoms with Gasteiger partial charge in [-0.3, -0.25) is 9.59 Å². The number of ketones is 1. The van der Waals surface area contributed by atoms with E-state index in [0.717, 1.165) is 5.56 Å². The Morgan fingerprint density at radius 2 is 1.85 bits per heavy atom. The third kappa shape index (κ3) is 4.64. The van der Waals surface area contributed by atoms with Crippen LogP contribution >= 0.6 is 11.3 Å². The minimum Gasteiger partial charge on any atom is -0.503 e. The van der Waals surface area contributed by atoms with Gasteiger partial charge in [-0.15, -0.1) is 11.3 Å². The van der Waals surface area contributed by atoms with Gasteiger partial charge in [0.15, 0.2) is 5.76 Å². The molecule has 6 nitrogen and oxygen atoms in total. The normalized spacial score (nSPS) is 15.9. The van der Waals surface area contributed by atoms with Gasteiger partial charge in [-0.25, -0.2) is 0 Å². The topological polar surface area (TPSA) is 76.1 Å². The summed E-state index contributed by atoms with van der Waals surface area (Å²) in [4.78, 5) is 28.6. The van der Waals surface area contributed by atoms with Gasteiger partial charge >= 0.3 is 0 Å². The van der Waals surface area contributed by atoms with E-state index in [0.29, 0.717) is 21.9 Å². The molecule has 1 aliphatic heterocycles. The van der Waals surface area contributed by atoms with Crippen LogP contribution in [0.25, 0.3) is 0 Å². The van der Waals surface area contributed by atoms with Crippen LogP contribution in [0, 0.1) is 0 Å². The fourth-order valence-electron chi connectivity index (χ4n) is 3.93. The Hall–Kier alpha value is -3.58. The van der Waals surface area contributed by atoms with E-state index in [1.807, 2.05) is 62.4 Å². The number of aliphatic hydroxyl groups excluding tert-OH is 1. The van der Waals surface area contributed by atoms with Crippen molar-refractivity contribution in [1.82, 2.24) is 4.90 Å². The molecule has 7 heteroatoms. The average molecular weight is 464 g/mol. The number of benzene rings is 2. The van der Waals surface area contributed by atoms with Crippen molar-refractivity contribution in [3.05, 3.63) is 93.4 Å². The van der Waals surface area contributed by atoms with Crippen LogP contribution in [0.1, 0.15) is 40.7 Å². The van der Waals surface area contributed by atoms with Crippen molar-refractivity contribution in [1.29, 1.82) is 0 Å². The molecule has 4 rings (SSSR count). The summed E-state index contributed by atoms with van der Waals surface area (Å²) in [7, 11) is 1.58. The second-order valence-electron chi connectivity index (χ2n) is 7.99. The highest BCUT2D eigenvalue weighted by Crippen LogP contribution is 2.41. The van der Waals surface area contributed by atoms with Crippen LogP contribution in [0.5, 0.6) is 11.5 Å². The first-order valence-electron chi connectivity index (χ1n) is 10.6. The van der Waals surface area contributed by atoms with Gasteiger partial charge in [0.2, 0.25) is 5.78 Å². The van der Waals surface area contributed by atoms with Crippen LogP contribution in [0.4, 0.5) is 0 Å². The van der Waals surface area contributed by atoms with E-state index in [4.69, 9.17) is 9.47 Å². The zero-order valence-electron chi connectivity index (χ0n) is 18.6. The highest BCUT2D eigenvalue weighted by molar-refractivity contribution is 7.12. The second kappa shape index (κ2) is 9.50. The Kier molecular flexibility index (Phi) is 6.51. The Balaban J connectivity index is 1.79. The number of rotatable bonds is 8. The number of methoxy groups -OCH3 is 1. The number of amides is 1. The predicted octanol–water partition coefficient (Wildman–Crippen LogP) is 5.32. The molecule has 0 aliphatic carbocycles. The molecule has 2 heterocycles. The molecular weight excluding hydrogens is 438 g/mol. The van der Waals surface area contributed by atoms with Crippen molar-refractivity contribution in [3.8, 4) is 11.5 Å². The maximum Gasteiger partial charge on any atom is 0.290 e. The Labute approximate surface area is 196 Å². The van der Waals surface area contributed by atoms with Crippen LogP contribution in [0.2, 0.25) is 0 Å². The fourth-order valence-corrected chi connectivity index (χ4v) is 4.61. The van der Waals surface area contributed by atoms with Crippen LogP contribution in [-0.4, -0.2) is 34.9 Å². The monoisotopic (exact) mass is 463 g/mol. The van der Waals surface area contributed by atoms with Crippen molar-refractivity contribution in [2.75, 3.05) is 7.11 Å². The molecule has 1 atom stereocenters. The number of hydrogen-bond acceptors (Lipinski definition) is 6. The highest BCUT2D eigenvalue weighted by Gasteiger charge is 2.44. The van der Waals surface area contributed by atoms with Crippen LogP contribution in [0.15, 0.2) is 77.4 Å². The van der Waals surface area contributed by atoms with Gasteiger partial charge in [-0.1, -0.05) is 30.3 Å². The number of Topliss-reactive ketones (excluding diaryl/α,β-unsaturated/α-hetero) is 1. The maximum atomic E-state index is 13.4. The van der Waals surface area contributed by atoms with Crippen LogP contribution in [-0.2, 0) is 11.3 Å². The van der Waals surface area contributed by atoms with Crippen LogP contribution < -0.4 is 9.47 Å². The number of carbonyl (C=O) groups is 2. The molecule has 0 fully saturated rings. The quantitative estimate of drug-likeness (QED) is 0.458. The van der Waals surface area contributed by atoms with E-state index in [1.165, 1.54) is 16.2 Å². The van der Waals surface area contributed by atoms with E-state index < -0.39 is 17.7 Å². The van der Waals surface area contributed by atoms with E-state index in [9.17, 15) is 14.7 Å². The standard InChI is InChI=1S/C26H25NO5S/c1-16(2)32-20-10-5-8-18(14-20)23-22(24(28)21-11-6-12-33-21)25(29)26(30)27(23)15-17-7-4-9-19(13-17)31-3/h4-14,16,23,29H,15H2,1-3H3. The Bertz CT molecular complexity index is 1200. The van der Waals surface area contributed by atoms with Crippen molar-refractivity contribution in [3.63, 3.8) is 0 Å². The lowest BCUT2D eigenvalue weighted by Gasteiger charge is -2.27. The molecule has 3 aromatic rings. The summed E-state index contributed by atoms with van der Waals surface area (Å²) in [5, 5.41) is 12.6. The Morgan fingerprint density at radius 1 is 1.09 bits per heavy atom. The zero-order chi connectivity index (χ0) is 23.5. The molecule has 1 N–H and O–H groups in total. The highest BCUT2D eigenvalue weighted by atomic mass is 32.1. The number of hydrogen-bond donors (Lipinski definition) is 1. The van der Waals surface area contributed by atoms with Crippen LogP contribution in [0.3, 0.4) is 0 Å². The van der Waals surface area contributed by atoms with Crippen molar-refractivity contribution in [2.45, 2.75) is 32.5 Å². The number of ether oxygens (including phenoxy) is 2. The van der Waals surface area contributed by atoms with Gasteiger partial charge in [0, 0.05) is 6.54 Å². The number of thiophene rings is 1. The largest absolute Gasteiger partial charge is 0.503 e. The molecule has 0 radical (unpaired) electrons. The van der Waals surface area contributed by atoms with Crippen molar-refractivity contribution in [2.24, 2.45) is 0 Å². The van der Waals surface area contributed by atoms with E-state index in [1.54, 1.807) is 24.6 Å². The van der Waals surface area contributed by atoms with E-state index in [2.05, 4.69) is 0 Å². The minimum absolute atomic E-state index is 0.0329. The molecule has 1 aromatic heterocycles. The summed E-state index contributed by atoms with van der Waals surface area (Å²) in [6.45, 7) is 4.05. The van der Waals surface area contributed by atoms with Gasteiger partial charge in [0.25, 0.3) is 5.91 Å². The first-order chi connectivity index (χ1) is 15.9. The van der Waals surface area contributed by atoms with Crippen molar-refractivity contribution < 1.29 is 24.2 Å². The molecule has 1 amide bonds. The minimum atomic E-state index is -0.756. The molecule has 0 saturated carbocycles. The molecule has 170 valence electrons. The van der Waals surface area contributed by atoms with Gasteiger partial charge in [0.05, 0.1) is 29.7 Å². The summed E-state index contributed by atoms with van der Waals surface area (Å²) in [6.07, 6.45) is -0.0329. The molecule has 0 bridgehead atoms. The summed E-state index contributed by atoms with van der Waals surface area (Å²) in [5.74, 6) is -0.167. The first-order valence-corrected chi connectivity index (χ1v) is 11.5. The summed E-state index contributed by atoms with van der Waals surface area (Å²) in [6, 6.07) is 17.4. The second-order valence-corrected chi connectivity index (χ2v) is 8.94. The van der Waals surface area contributed by atoms with Gasteiger partial charge in [-0.2, -0.15) is 0 Å². The van der Waals surface area contributed by atoms with Gasteiger partial charge in [-0.05, 0) is 60.7 Å². The van der Waals surface area contributed by atoms with E-state index in [-0.39, 0.29) is 24.0 Å². The number of aliphatic hydroxyl groups is 1. The third-order valence-corrected chi connectivity index (χ3v) is 6.19. The average Bonchev–Trinajstić information content (AvgIpc) is 3.42. The molecule has 0 spiro atoms. The lowest BCUT2D eigenvalue weighted by atomic mass is 9.95. The van der Waals surface area contributed by atoms with Crippen molar-refractivity contribution >= 4 is 23.0 Å². The fraction of sp³-hybridized carbons (Fsp3) is 0.231. The zero-order valence-corrected chi connectivity index (χ0v) is 19.5. The smallest absolute Gasteiger partial charge is 0.290 e. The molecular formula is C26H25NO5S. The lowest BCUT2D eigenvalue weighted by Crippen LogP contribution is -2.30. The van der Waals surface area contributed by atoms with E-state index >= 15 is 0 Å².